The Morgan fingerprint density at radius 3 is 2.32 bits per heavy atom. The van der Waals surface area contributed by atoms with E-state index in [-0.39, 0.29) is 5.56 Å². The van der Waals surface area contributed by atoms with Gasteiger partial charge in [-0.3, -0.25) is 4.79 Å². The number of nitrogens with one attached hydrogen (secondary N) is 1. The predicted octanol–water partition coefficient (Wildman–Crippen LogP) is 4.90. The lowest BCUT2D eigenvalue weighted by molar-refractivity contribution is 0.867. The van der Waals surface area contributed by atoms with Crippen LogP contribution in [0.15, 0.2) is 34.4 Å². The highest BCUT2D eigenvalue weighted by Gasteiger charge is 2.14. The van der Waals surface area contributed by atoms with E-state index in [4.69, 9.17) is 0 Å². The summed E-state index contributed by atoms with van der Waals surface area (Å²) in [6.45, 7) is 8.53. The van der Waals surface area contributed by atoms with Crippen LogP contribution in [0, 0.1) is 0 Å². The molecule has 0 bridgehead atoms. The molecule has 0 amide bonds. The lowest BCUT2D eigenvalue weighted by Crippen LogP contribution is -2.10. The van der Waals surface area contributed by atoms with Gasteiger partial charge >= 0.3 is 0 Å². The van der Waals surface area contributed by atoms with Gasteiger partial charge in [0.05, 0.1) is 5.39 Å². The van der Waals surface area contributed by atoms with Gasteiger partial charge in [-0.25, -0.2) is 4.98 Å². The normalized spacial score (nSPS) is 11.7. The van der Waals surface area contributed by atoms with Crippen LogP contribution in [-0.4, -0.2) is 9.97 Å². The Hall–Kier alpha value is -1.94. The van der Waals surface area contributed by atoms with Crippen molar-refractivity contribution in [2.45, 2.75) is 39.5 Å². The van der Waals surface area contributed by atoms with Gasteiger partial charge in [-0.05, 0) is 28.3 Å². The summed E-state index contributed by atoms with van der Waals surface area (Å²) in [7, 11) is 0. The highest BCUT2D eigenvalue weighted by atomic mass is 32.1. The van der Waals surface area contributed by atoms with Crippen molar-refractivity contribution in [3.63, 3.8) is 0 Å². The van der Waals surface area contributed by atoms with Crippen molar-refractivity contribution in [1.82, 2.24) is 9.97 Å². The van der Waals surface area contributed by atoms with Gasteiger partial charge in [0.1, 0.15) is 10.7 Å². The van der Waals surface area contributed by atoms with E-state index in [1.165, 1.54) is 5.56 Å². The fourth-order valence-corrected chi connectivity index (χ4v) is 3.66. The van der Waals surface area contributed by atoms with Crippen molar-refractivity contribution in [3.05, 3.63) is 51.1 Å². The Bertz CT molecular complexity index is 857. The van der Waals surface area contributed by atoms with Gasteiger partial charge in [0, 0.05) is 5.56 Å². The van der Waals surface area contributed by atoms with Crippen molar-refractivity contribution in [2.24, 2.45) is 0 Å². The predicted molar refractivity (Wildman–Crippen MR) is 93.9 cm³/mol. The quantitative estimate of drug-likeness (QED) is 0.747. The monoisotopic (exact) mass is 312 g/mol. The van der Waals surface area contributed by atoms with Crippen LogP contribution in [0.3, 0.4) is 0 Å². The molecule has 2 aromatic heterocycles. The van der Waals surface area contributed by atoms with Gasteiger partial charge in [0.15, 0.2) is 0 Å². The molecule has 3 nitrogen and oxygen atoms in total. The molecule has 0 aliphatic heterocycles. The fraction of sp³-hybridized carbons (Fsp3) is 0.333. The van der Waals surface area contributed by atoms with Crippen LogP contribution in [0.5, 0.6) is 0 Å². The van der Waals surface area contributed by atoms with Crippen LogP contribution >= 0.6 is 11.3 Å². The maximum absolute atomic E-state index is 12.4. The van der Waals surface area contributed by atoms with Crippen molar-refractivity contribution in [3.8, 4) is 11.4 Å². The third-order valence-corrected chi connectivity index (χ3v) is 4.84. The summed E-state index contributed by atoms with van der Waals surface area (Å²) < 4.78 is 0. The molecule has 1 aromatic carbocycles. The van der Waals surface area contributed by atoms with E-state index in [2.05, 4.69) is 49.8 Å². The zero-order chi connectivity index (χ0) is 15.9. The Labute approximate surface area is 134 Å². The van der Waals surface area contributed by atoms with E-state index >= 15 is 0 Å². The molecule has 3 rings (SSSR count). The molecule has 4 heteroatoms. The van der Waals surface area contributed by atoms with E-state index in [1.54, 1.807) is 11.3 Å². The van der Waals surface area contributed by atoms with Crippen molar-refractivity contribution in [1.29, 1.82) is 0 Å². The van der Waals surface area contributed by atoms with Gasteiger partial charge in [-0.15, -0.1) is 11.3 Å². The minimum atomic E-state index is -0.0436. The lowest BCUT2D eigenvalue weighted by Gasteiger charge is -2.07. The molecule has 22 heavy (non-hydrogen) atoms. The third-order valence-electron chi connectivity index (χ3n) is 3.95. The molecule has 0 unspecified atom stereocenters. The first-order valence-electron chi connectivity index (χ1n) is 7.59. The number of H-pyrrole nitrogens is 1. The van der Waals surface area contributed by atoms with E-state index in [1.807, 2.05) is 17.5 Å². The molecule has 3 aromatic rings. The molecule has 0 aliphatic carbocycles. The Morgan fingerprint density at radius 2 is 1.73 bits per heavy atom. The van der Waals surface area contributed by atoms with Gasteiger partial charge in [0.25, 0.3) is 5.56 Å². The number of fused-ring (bicyclic) bond motifs is 1. The highest BCUT2D eigenvalue weighted by Crippen LogP contribution is 2.29. The number of hydrogen-bond acceptors (Lipinski definition) is 3. The van der Waals surface area contributed by atoms with Gasteiger partial charge in [-0.2, -0.15) is 0 Å². The lowest BCUT2D eigenvalue weighted by atomic mass is 10.0. The second-order valence-corrected chi connectivity index (χ2v) is 7.08. The minimum Gasteiger partial charge on any atom is -0.306 e. The molecule has 0 saturated heterocycles. The Morgan fingerprint density at radius 1 is 1.05 bits per heavy atom. The fourth-order valence-electron chi connectivity index (χ4n) is 2.56. The molecule has 0 fully saturated rings. The number of aromatic nitrogens is 2. The topological polar surface area (TPSA) is 45.8 Å². The molecule has 1 N–H and O–H groups in total. The maximum Gasteiger partial charge on any atom is 0.260 e. The van der Waals surface area contributed by atoms with Crippen LogP contribution in [0.25, 0.3) is 21.6 Å². The van der Waals surface area contributed by atoms with E-state index in [9.17, 15) is 4.79 Å². The van der Waals surface area contributed by atoms with Crippen LogP contribution in [-0.2, 0) is 0 Å². The average Bonchev–Trinajstić information content (AvgIpc) is 2.92. The third kappa shape index (κ3) is 2.59. The second kappa shape index (κ2) is 5.69. The van der Waals surface area contributed by atoms with Gasteiger partial charge in [-0.1, -0.05) is 52.0 Å². The molecule has 2 heterocycles. The summed E-state index contributed by atoms with van der Waals surface area (Å²) in [6.07, 6.45) is 0. The molecule has 0 saturated carbocycles. The first-order chi connectivity index (χ1) is 10.5. The first-order valence-corrected chi connectivity index (χ1v) is 8.47. The maximum atomic E-state index is 12.4. The molecule has 114 valence electrons. The second-order valence-electron chi connectivity index (χ2n) is 6.22. The molecular weight excluding hydrogens is 292 g/mol. The molecular formula is C18H20N2OS. The number of hydrogen-bond donors (Lipinski definition) is 1. The number of benzene rings is 1. The highest BCUT2D eigenvalue weighted by molar-refractivity contribution is 7.16. The summed E-state index contributed by atoms with van der Waals surface area (Å²) in [5, 5.41) is 2.78. The van der Waals surface area contributed by atoms with Crippen LogP contribution in [0.4, 0.5) is 0 Å². The van der Waals surface area contributed by atoms with Gasteiger partial charge < -0.3 is 4.98 Å². The first kappa shape index (κ1) is 15.0. The van der Waals surface area contributed by atoms with Crippen molar-refractivity contribution >= 4 is 21.6 Å². The summed E-state index contributed by atoms with van der Waals surface area (Å²) in [4.78, 5) is 20.8. The Kier molecular flexibility index (Phi) is 3.87. The number of aromatic amines is 1. The SMILES string of the molecule is CC(C)c1ccc(-c2nc3scc(C(C)C)c3c(=O)[nH]2)cc1. The van der Waals surface area contributed by atoms with Crippen LogP contribution in [0.1, 0.15) is 50.7 Å². The minimum absolute atomic E-state index is 0.0436. The smallest absolute Gasteiger partial charge is 0.260 e. The van der Waals surface area contributed by atoms with Crippen molar-refractivity contribution in [2.75, 3.05) is 0 Å². The number of nitrogens with zero attached hydrogens (tertiary/aromatic N) is 1. The van der Waals surface area contributed by atoms with Crippen LogP contribution in [0.2, 0.25) is 0 Å². The number of thiophene rings is 1. The summed E-state index contributed by atoms with van der Waals surface area (Å²) in [5.74, 6) is 1.47. The summed E-state index contributed by atoms with van der Waals surface area (Å²) in [5.41, 5.74) is 3.27. The zero-order valence-corrected chi connectivity index (χ0v) is 14.1. The molecule has 0 aliphatic rings. The largest absolute Gasteiger partial charge is 0.306 e. The number of rotatable bonds is 3. The Balaban J connectivity index is 2.11. The summed E-state index contributed by atoms with van der Waals surface area (Å²) >= 11 is 1.54. The van der Waals surface area contributed by atoms with Gasteiger partial charge in [0.2, 0.25) is 0 Å². The van der Waals surface area contributed by atoms with Crippen LogP contribution < -0.4 is 5.56 Å². The molecule has 0 spiro atoms. The van der Waals surface area contributed by atoms with Crippen molar-refractivity contribution < 1.29 is 0 Å². The average molecular weight is 312 g/mol. The van der Waals surface area contributed by atoms with E-state index in [0.29, 0.717) is 17.7 Å². The zero-order valence-electron chi connectivity index (χ0n) is 13.3. The van der Waals surface area contributed by atoms with E-state index in [0.717, 1.165) is 21.3 Å². The standard InChI is InChI=1S/C18H20N2OS/c1-10(2)12-5-7-13(8-6-12)16-19-17(21)15-14(11(3)4)9-22-18(15)20-16/h5-11H,1-4H3,(H,19,20,21). The molecule has 0 radical (unpaired) electrons. The molecule has 0 atom stereocenters. The summed E-state index contributed by atoms with van der Waals surface area (Å²) in [6, 6.07) is 8.24. The van der Waals surface area contributed by atoms with E-state index < -0.39 is 0 Å².